The standard InChI is InChI=1S/C57H100O15/c1-3-5-7-9-11-13-15-17-18-19-20-21-22-23-24-25-26-28-29-31-33-35-37-39-48(59)67-42-45(70-49(60)40-38-36-34-32-30-27-16-14-12-10-8-6-4-2)43-68-56-55(66)53(64)51(62)47(72-56)44-69-57-54(65)52(63)50(61)46(41-58)71-57/h6,8,12,14,27,30,34,36,45-47,50-58,61-66H,3-5,7,9-11,13,15-26,28-29,31-33,35,37-44H2,1-2H3/b8-6-,14-12-,30-27-,36-34-. The van der Waals surface area contributed by atoms with Crippen LogP contribution in [0.1, 0.15) is 206 Å². The van der Waals surface area contributed by atoms with Gasteiger partial charge >= 0.3 is 11.9 Å². The van der Waals surface area contributed by atoms with Crippen LogP contribution in [-0.2, 0) is 38.0 Å². The summed E-state index contributed by atoms with van der Waals surface area (Å²) >= 11 is 0. The maximum atomic E-state index is 13.0. The van der Waals surface area contributed by atoms with Gasteiger partial charge in [-0.3, -0.25) is 9.59 Å². The molecule has 418 valence electrons. The second-order valence-corrected chi connectivity index (χ2v) is 19.7. The van der Waals surface area contributed by atoms with Crippen molar-refractivity contribution in [1.29, 1.82) is 0 Å². The lowest BCUT2D eigenvalue weighted by atomic mass is 9.98. The summed E-state index contributed by atoms with van der Waals surface area (Å²) in [4.78, 5) is 25.8. The van der Waals surface area contributed by atoms with E-state index in [4.69, 9.17) is 28.4 Å². The number of hydrogen-bond donors (Lipinski definition) is 7. The van der Waals surface area contributed by atoms with Gasteiger partial charge < -0.3 is 64.2 Å². The van der Waals surface area contributed by atoms with Crippen LogP contribution in [0.4, 0.5) is 0 Å². The predicted molar refractivity (Wildman–Crippen MR) is 280 cm³/mol. The van der Waals surface area contributed by atoms with Crippen molar-refractivity contribution < 1.29 is 73.8 Å². The fourth-order valence-electron chi connectivity index (χ4n) is 8.76. The zero-order valence-corrected chi connectivity index (χ0v) is 44.4. The molecule has 0 aromatic rings. The summed E-state index contributed by atoms with van der Waals surface area (Å²) in [5.41, 5.74) is 0. The molecule has 2 aliphatic rings. The van der Waals surface area contributed by atoms with Crippen LogP contribution >= 0.6 is 0 Å². The van der Waals surface area contributed by atoms with Gasteiger partial charge in [0.15, 0.2) is 18.7 Å². The molecule has 2 fully saturated rings. The molecule has 15 nitrogen and oxygen atoms in total. The third kappa shape index (κ3) is 30.7. The molecule has 0 amide bonds. The molecular formula is C57H100O15. The van der Waals surface area contributed by atoms with Gasteiger partial charge in [-0.05, 0) is 38.5 Å². The lowest BCUT2D eigenvalue weighted by Gasteiger charge is -2.42. The molecule has 0 radical (unpaired) electrons. The first kappa shape index (κ1) is 65.6. The number of ether oxygens (including phenoxy) is 6. The molecule has 0 saturated carbocycles. The van der Waals surface area contributed by atoms with Crippen LogP contribution in [-0.4, -0.2) is 142 Å². The summed E-state index contributed by atoms with van der Waals surface area (Å²) < 4.78 is 33.5. The van der Waals surface area contributed by atoms with Crippen molar-refractivity contribution in [2.75, 3.05) is 26.4 Å². The normalized spacial score (nSPS) is 25.3. The van der Waals surface area contributed by atoms with Crippen LogP contribution in [0.5, 0.6) is 0 Å². The molecule has 2 aliphatic heterocycles. The highest BCUT2D eigenvalue weighted by molar-refractivity contribution is 5.70. The number of esters is 2. The molecule has 0 aromatic heterocycles. The molecule has 0 spiro atoms. The van der Waals surface area contributed by atoms with E-state index in [-0.39, 0.29) is 19.4 Å². The van der Waals surface area contributed by atoms with Gasteiger partial charge in [0, 0.05) is 12.8 Å². The molecule has 2 saturated heterocycles. The molecule has 0 bridgehead atoms. The molecule has 72 heavy (non-hydrogen) atoms. The quantitative estimate of drug-likeness (QED) is 0.0171. The van der Waals surface area contributed by atoms with E-state index >= 15 is 0 Å². The first-order valence-corrected chi connectivity index (χ1v) is 28.2. The minimum atomic E-state index is -1.78. The largest absolute Gasteiger partial charge is 0.462 e. The topological polar surface area (TPSA) is 231 Å². The van der Waals surface area contributed by atoms with Crippen LogP contribution in [0.15, 0.2) is 48.6 Å². The van der Waals surface area contributed by atoms with Crippen molar-refractivity contribution in [3.05, 3.63) is 48.6 Å². The molecule has 15 heteroatoms. The number of hydrogen-bond acceptors (Lipinski definition) is 15. The lowest BCUT2D eigenvalue weighted by Crippen LogP contribution is -2.61. The molecule has 0 aliphatic carbocycles. The van der Waals surface area contributed by atoms with Gasteiger partial charge in [0.1, 0.15) is 55.4 Å². The zero-order chi connectivity index (χ0) is 52.4. The molecule has 7 N–H and O–H groups in total. The average Bonchev–Trinajstić information content (AvgIpc) is 3.37. The first-order valence-electron chi connectivity index (χ1n) is 28.2. The predicted octanol–water partition coefficient (Wildman–Crippen LogP) is 9.05. The Labute approximate surface area is 433 Å². The molecule has 0 aromatic carbocycles. The Kier molecular flexibility index (Phi) is 39.8. The number of rotatable bonds is 44. The fraction of sp³-hybridized carbons (Fsp3) is 0.825. The van der Waals surface area contributed by atoms with Crippen LogP contribution < -0.4 is 0 Å². The van der Waals surface area contributed by atoms with Crippen LogP contribution in [0.25, 0.3) is 0 Å². The Morgan fingerprint density at radius 3 is 1.35 bits per heavy atom. The number of aliphatic hydroxyl groups is 7. The van der Waals surface area contributed by atoms with E-state index in [0.29, 0.717) is 19.3 Å². The number of unbranched alkanes of at least 4 members (excludes halogenated alkanes) is 22. The fourth-order valence-corrected chi connectivity index (χ4v) is 8.76. The zero-order valence-electron chi connectivity index (χ0n) is 44.4. The van der Waals surface area contributed by atoms with E-state index < -0.39 is 99.3 Å². The van der Waals surface area contributed by atoms with Gasteiger partial charge in [0.2, 0.25) is 0 Å². The summed E-state index contributed by atoms with van der Waals surface area (Å²) in [5, 5.41) is 72.1. The molecule has 11 unspecified atom stereocenters. The van der Waals surface area contributed by atoms with Gasteiger partial charge in [-0.1, -0.05) is 204 Å². The second-order valence-electron chi connectivity index (χ2n) is 19.7. The summed E-state index contributed by atoms with van der Waals surface area (Å²) in [7, 11) is 0. The van der Waals surface area contributed by atoms with E-state index in [1.54, 1.807) is 0 Å². The number of aliphatic hydroxyl groups excluding tert-OH is 7. The third-order valence-electron chi connectivity index (χ3n) is 13.3. The van der Waals surface area contributed by atoms with E-state index in [0.717, 1.165) is 38.5 Å². The van der Waals surface area contributed by atoms with Crippen LogP contribution in [0.3, 0.4) is 0 Å². The summed E-state index contributed by atoms with van der Waals surface area (Å²) in [6.07, 6.45) is 33.2. The Balaban J connectivity index is 1.74. The van der Waals surface area contributed by atoms with Gasteiger partial charge in [0.05, 0.1) is 19.8 Å². The molecule has 2 heterocycles. The third-order valence-corrected chi connectivity index (χ3v) is 13.3. The number of carbonyl (C=O) groups excluding carboxylic acids is 2. The van der Waals surface area contributed by atoms with Crippen LogP contribution in [0.2, 0.25) is 0 Å². The molecule has 2 rings (SSSR count). The van der Waals surface area contributed by atoms with Crippen molar-refractivity contribution in [3.8, 4) is 0 Å². The average molecular weight is 1030 g/mol. The van der Waals surface area contributed by atoms with Crippen molar-refractivity contribution in [2.45, 2.75) is 274 Å². The highest BCUT2D eigenvalue weighted by atomic mass is 16.7. The van der Waals surface area contributed by atoms with Gasteiger partial charge in [-0.2, -0.15) is 0 Å². The van der Waals surface area contributed by atoms with E-state index in [9.17, 15) is 45.3 Å². The van der Waals surface area contributed by atoms with E-state index in [1.807, 2.05) is 12.2 Å². The molecule has 11 atom stereocenters. The minimum absolute atomic E-state index is 0.0447. The Bertz CT molecular complexity index is 1440. The van der Waals surface area contributed by atoms with Gasteiger partial charge in [-0.15, -0.1) is 0 Å². The summed E-state index contributed by atoms with van der Waals surface area (Å²) in [5.74, 6) is -1.01. The minimum Gasteiger partial charge on any atom is -0.462 e. The lowest BCUT2D eigenvalue weighted by molar-refractivity contribution is -0.332. The monoisotopic (exact) mass is 1020 g/mol. The SMILES string of the molecule is CC/C=C\C/C=C\C/C=C\C/C=C\CCC(=O)OC(COC(=O)CCCCCCCCCCCCCCCCCCCCCCCCC)COC1OC(COC2OC(CO)C(O)C(O)C2O)C(O)C(O)C1O. The highest BCUT2D eigenvalue weighted by Crippen LogP contribution is 2.27. The maximum absolute atomic E-state index is 13.0. The number of allylic oxidation sites excluding steroid dienone is 8. The van der Waals surface area contributed by atoms with Gasteiger partial charge in [0.25, 0.3) is 0 Å². The van der Waals surface area contributed by atoms with Crippen molar-refractivity contribution in [2.24, 2.45) is 0 Å². The van der Waals surface area contributed by atoms with Crippen molar-refractivity contribution >= 4 is 11.9 Å². The maximum Gasteiger partial charge on any atom is 0.306 e. The summed E-state index contributed by atoms with van der Waals surface area (Å²) in [6, 6.07) is 0. The smallest absolute Gasteiger partial charge is 0.306 e. The Morgan fingerprint density at radius 2 is 0.875 bits per heavy atom. The van der Waals surface area contributed by atoms with Crippen molar-refractivity contribution in [1.82, 2.24) is 0 Å². The Hall–Kier alpha value is -2.54. The van der Waals surface area contributed by atoms with Crippen molar-refractivity contribution in [3.63, 3.8) is 0 Å². The highest BCUT2D eigenvalue weighted by Gasteiger charge is 2.47. The Morgan fingerprint density at radius 1 is 0.458 bits per heavy atom. The van der Waals surface area contributed by atoms with E-state index in [2.05, 4.69) is 50.3 Å². The van der Waals surface area contributed by atoms with Gasteiger partial charge in [-0.25, -0.2) is 0 Å². The van der Waals surface area contributed by atoms with Crippen LogP contribution in [0, 0.1) is 0 Å². The number of carbonyl (C=O) groups is 2. The first-order chi connectivity index (χ1) is 35.0. The van der Waals surface area contributed by atoms with E-state index in [1.165, 1.54) is 122 Å². The molecular weight excluding hydrogens is 925 g/mol. The second kappa shape index (κ2) is 43.7. The summed E-state index contributed by atoms with van der Waals surface area (Å²) in [6.45, 7) is 2.42.